The zero-order chi connectivity index (χ0) is 11.7. The molecule has 0 amide bonds. The molecule has 1 aromatic heterocycles. The van der Waals surface area contributed by atoms with Crippen LogP contribution in [0.15, 0.2) is 22.8 Å². The van der Waals surface area contributed by atoms with Gasteiger partial charge in [0, 0.05) is 21.6 Å². The summed E-state index contributed by atoms with van der Waals surface area (Å²) in [6, 6.07) is 3.36. The van der Waals surface area contributed by atoms with Crippen molar-refractivity contribution in [1.29, 1.82) is 0 Å². The predicted octanol–water partition coefficient (Wildman–Crippen LogP) is 2.53. The number of rotatable bonds is 2. The van der Waals surface area contributed by atoms with Gasteiger partial charge in [-0.05, 0) is 28.1 Å². The lowest BCUT2D eigenvalue weighted by Crippen LogP contribution is -2.02. The maximum absolute atomic E-state index is 11.5. The molecule has 5 heteroatoms. The molecule has 0 fully saturated rings. The average molecular weight is 282 g/mol. The van der Waals surface area contributed by atoms with Crippen molar-refractivity contribution in [2.24, 2.45) is 0 Å². The summed E-state index contributed by atoms with van der Waals surface area (Å²) >= 11 is 3.35. The monoisotopic (exact) mass is 281 g/mol. The highest BCUT2D eigenvalue weighted by Gasteiger charge is 2.16. The van der Waals surface area contributed by atoms with E-state index < -0.39 is 5.97 Å². The van der Waals surface area contributed by atoms with Crippen LogP contribution in [0.25, 0.3) is 10.9 Å². The standard InChI is InChI=1S/C11H8BrNO3/c1-16-11(15)7-2-3-8(12)10-9(7)6(5-14)4-13-10/h2-5,13H,1H3. The number of carbonyl (C=O) groups is 2. The molecule has 1 aromatic carbocycles. The lowest BCUT2D eigenvalue weighted by Gasteiger charge is -2.03. The first-order valence-corrected chi connectivity index (χ1v) is 5.31. The summed E-state index contributed by atoms with van der Waals surface area (Å²) in [6.45, 7) is 0. The Morgan fingerprint density at radius 2 is 2.25 bits per heavy atom. The van der Waals surface area contributed by atoms with E-state index in [2.05, 4.69) is 25.7 Å². The number of halogens is 1. The van der Waals surface area contributed by atoms with Crippen LogP contribution < -0.4 is 0 Å². The third kappa shape index (κ3) is 1.53. The highest BCUT2D eigenvalue weighted by molar-refractivity contribution is 9.10. The van der Waals surface area contributed by atoms with Crippen LogP contribution in [-0.4, -0.2) is 24.3 Å². The molecule has 16 heavy (non-hydrogen) atoms. The molecule has 0 atom stereocenters. The normalized spacial score (nSPS) is 10.4. The first-order chi connectivity index (χ1) is 7.69. The van der Waals surface area contributed by atoms with Gasteiger partial charge in [-0.3, -0.25) is 4.79 Å². The summed E-state index contributed by atoms with van der Waals surface area (Å²) in [5, 5.41) is 0.580. The molecule has 0 aliphatic carbocycles. The van der Waals surface area contributed by atoms with Gasteiger partial charge in [0.2, 0.25) is 0 Å². The minimum Gasteiger partial charge on any atom is -0.465 e. The number of fused-ring (bicyclic) bond motifs is 1. The third-order valence-corrected chi connectivity index (χ3v) is 3.01. The Hall–Kier alpha value is -1.62. The van der Waals surface area contributed by atoms with Crippen molar-refractivity contribution in [1.82, 2.24) is 4.98 Å². The number of aldehydes is 1. The number of aromatic nitrogens is 1. The lowest BCUT2D eigenvalue weighted by atomic mass is 10.1. The van der Waals surface area contributed by atoms with Crippen LogP contribution >= 0.6 is 15.9 Å². The van der Waals surface area contributed by atoms with Crippen molar-refractivity contribution in [3.8, 4) is 0 Å². The summed E-state index contributed by atoms with van der Waals surface area (Å²) < 4.78 is 5.46. The second kappa shape index (κ2) is 4.09. The molecule has 1 N–H and O–H groups in total. The molecule has 2 rings (SSSR count). The molecule has 0 saturated carbocycles. The fourth-order valence-electron chi connectivity index (χ4n) is 1.61. The van der Waals surface area contributed by atoms with E-state index in [4.69, 9.17) is 0 Å². The van der Waals surface area contributed by atoms with Gasteiger partial charge in [0.1, 0.15) is 0 Å². The van der Waals surface area contributed by atoms with Gasteiger partial charge in [-0.2, -0.15) is 0 Å². The van der Waals surface area contributed by atoms with Crippen molar-refractivity contribution in [2.75, 3.05) is 7.11 Å². The molecule has 0 spiro atoms. The number of methoxy groups -OCH3 is 1. The number of nitrogens with one attached hydrogen (secondary N) is 1. The van der Waals surface area contributed by atoms with E-state index >= 15 is 0 Å². The fraction of sp³-hybridized carbons (Fsp3) is 0.0909. The first kappa shape index (κ1) is 10.9. The van der Waals surface area contributed by atoms with Gasteiger partial charge in [0.25, 0.3) is 0 Å². The van der Waals surface area contributed by atoms with E-state index in [1.165, 1.54) is 7.11 Å². The highest BCUT2D eigenvalue weighted by atomic mass is 79.9. The number of benzene rings is 1. The van der Waals surface area contributed by atoms with Gasteiger partial charge in [0.15, 0.2) is 6.29 Å². The number of hydrogen-bond acceptors (Lipinski definition) is 3. The molecule has 4 nitrogen and oxygen atoms in total. The smallest absolute Gasteiger partial charge is 0.338 e. The number of esters is 1. The summed E-state index contributed by atoms with van der Waals surface area (Å²) in [4.78, 5) is 25.3. The zero-order valence-corrected chi connectivity index (χ0v) is 10.00. The Morgan fingerprint density at radius 1 is 1.50 bits per heavy atom. The molecule has 0 saturated heterocycles. The zero-order valence-electron chi connectivity index (χ0n) is 8.41. The molecule has 82 valence electrons. The second-order valence-corrected chi connectivity index (χ2v) is 4.05. The van der Waals surface area contributed by atoms with Crippen LogP contribution in [0.1, 0.15) is 20.7 Å². The minimum atomic E-state index is -0.458. The summed E-state index contributed by atoms with van der Waals surface area (Å²) in [6.07, 6.45) is 2.27. The Bertz CT molecular complexity index is 574. The van der Waals surface area contributed by atoms with Gasteiger partial charge < -0.3 is 9.72 Å². The van der Waals surface area contributed by atoms with Crippen molar-refractivity contribution in [3.05, 3.63) is 33.9 Å². The van der Waals surface area contributed by atoms with E-state index in [0.29, 0.717) is 28.3 Å². The van der Waals surface area contributed by atoms with E-state index in [1.54, 1.807) is 18.3 Å². The number of ether oxygens (including phenoxy) is 1. The molecular weight excluding hydrogens is 274 g/mol. The minimum absolute atomic E-state index is 0.379. The van der Waals surface area contributed by atoms with E-state index in [1.807, 2.05) is 0 Å². The number of aromatic amines is 1. The predicted molar refractivity (Wildman–Crippen MR) is 62.7 cm³/mol. The molecule has 1 heterocycles. The van der Waals surface area contributed by atoms with Crippen LogP contribution in [0.4, 0.5) is 0 Å². The van der Waals surface area contributed by atoms with Crippen molar-refractivity contribution >= 4 is 39.1 Å². The van der Waals surface area contributed by atoms with Gasteiger partial charge in [0.05, 0.1) is 18.2 Å². The quantitative estimate of drug-likeness (QED) is 0.680. The lowest BCUT2D eigenvalue weighted by molar-refractivity contribution is 0.0603. The highest BCUT2D eigenvalue weighted by Crippen LogP contribution is 2.28. The van der Waals surface area contributed by atoms with Crippen LogP contribution in [0.2, 0.25) is 0 Å². The summed E-state index contributed by atoms with van der Waals surface area (Å²) in [5.74, 6) is -0.458. The van der Waals surface area contributed by atoms with E-state index in [-0.39, 0.29) is 0 Å². The molecule has 0 radical (unpaired) electrons. The van der Waals surface area contributed by atoms with Gasteiger partial charge in [-0.1, -0.05) is 0 Å². The summed E-state index contributed by atoms with van der Waals surface area (Å²) in [7, 11) is 1.31. The van der Waals surface area contributed by atoms with Gasteiger partial charge >= 0.3 is 5.97 Å². The van der Waals surface area contributed by atoms with Gasteiger partial charge in [-0.25, -0.2) is 4.79 Å². The van der Waals surface area contributed by atoms with Crippen molar-refractivity contribution in [3.63, 3.8) is 0 Å². The molecule has 0 bridgehead atoms. The Morgan fingerprint density at radius 3 is 2.88 bits per heavy atom. The Balaban J connectivity index is 2.84. The van der Waals surface area contributed by atoms with Crippen molar-refractivity contribution in [2.45, 2.75) is 0 Å². The number of hydrogen-bond donors (Lipinski definition) is 1. The summed E-state index contributed by atoms with van der Waals surface area (Å²) in [5.41, 5.74) is 1.53. The maximum Gasteiger partial charge on any atom is 0.338 e. The molecule has 2 aromatic rings. The Labute approximate surface area is 99.7 Å². The van der Waals surface area contributed by atoms with Crippen molar-refractivity contribution < 1.29 is 14.3 Å². The maximum atomic E-state index is 11.5. The van der Waals surface area contributed by atoms with E-state index in [9.17, 15) is 9.59 Å². The molecular formula is C11H8BrNO3. The average Bonchev–Trinajstić information content (AvgIpc) is 2.73. The van der Waals surface area contributed by atoms with Crippen LogP contribution in [-0.2, 0) is 4.74 Å². The van der Waals surface area contributed by atoms with Crippen LogP contribution in [0, 0.1) is 0 Å². The third-order valence-electron chi connectivity index (χ3n) is 2.35. The molecule has 0 aliphatic rings. The van der Waals surface area contributed by atoms with Crippen LogP contribution in [0.3, 0.4) is 0 Å². The molecule has 0 aliphatic heterocycles. The number of carbonyl (C=O) groups excluding carboxylic acids is 2. The SMILES string of the molecule is COC(=O)c1ccc(Br)c2[nH]cc(C=O)c12. The largest absolute Gasteiger partial charge is 0.465 e. The molecule has 0 unspecified atom stereocenters. The Kier molecular flexibility index (Phi) is 2.78. The fourth-order valence-corrected chi connectivity index (χ4v) is 2.06. The van der Waals surface area contributed by atoms with Crippen LogP contribution in [0.5, 0.6) is 0 Å². The second-order valence-electron chi connectivity index (χ2n) is 3.20. The van der Waals surface area contributed by atoms with Gasteiger partial charge in [-0.15, -0.1) is 0 Å². The topological polar surface area (TPSA) is 59.2 Å². The first-order valence-electron chi connectivity index (χ1n) is 4.52. The number of H-pyrrole nitrogens is 1. The van der Waals surface area contributed by atoms with E-state index in [0.717, 1.165) is 4.47 Å².